The minimum absolute atomic E-state index is 0.0307. The number of nitrogens with zero attached hydrogens (tertiary/aromatic N) is 1. The standard InChI is InChI=1S/C12H14BrClN2O4S/c13-10-5-8(4-9(11(10)14)12(17)18)21(19,20)16-3-1-2-7(15)6-16/h4-5,7H,1-3,6,15H2,(H,17,18). The lowest BCUT2D eigenvalue weighted by Gasteiger charge is -2.30. The largest absolute Gasteiger partial charge is 0.478 e. The lowest BCUT2D eigenvalue weighted by Crippen LogP contribution is -2.45. The van der Waals surface area contributed by atoms with Crippen LogP contribution in [0.3, 0.4) is 0 Å². The predicted molar refractivity (Wildman–Crippen MR) is 82.1 cm³/mol. The van der Waals surface area contributed by atoms with E-state index in [2.05, 4.69) is 15.9 Å². The van der Waals surface area contributed by atoms with Crippen LogP contribution in [0.2, 0.25) is 5.02 Å². The van der Waals surface area contributed by atoms with Gasteiger partial charge in [-0.15, -0.1) is 0 Å². The van der Waals surface area contributed by atoms with Gasteiger partial charge in [0.25, 0.3) is 0 Å². The van der Waals surface area contributed by atoms with Gasteiger partial charge in [0, 0.05) is 23.6 Å². The highest BCUT2D eigenvalue weighted by Crippen LogP contribution is 2.31. The molecule has 0 radical (unpaired) electrons. The third kappa shape index (κ3) is 3.40. The second-order valence-electron chi connectivity index (χ2n) is 4.84. The van der Waals surface area contributed by atoms with E-state index in [-0.39, 0.29) is 32.5 Å². The van der Waals surface area contributed by atoms with E-state index in [9.17, 15) is 13.2 Å². The number of piperidine rings is 1. The predicted octanol–water partition coefficient (Wildman–Crippen LogP) is 1.91. The molecule has 1 saturated heterocycles. The third-order valence-electron chi connectivity index (χ3n) is 3.29. The Kier molecular flexibility index (Phi) is 4.94. The maximum absolute atomic E-state index is 12.6. The summed E-state index contributed by atoms with van der Waals surface area (Å²) in [4.78, 5) is 11.0. The first kappa shape index (κ1) is 16.7. The maximum atomic E-state index is 12.6. The van der Waals surface area contributed by atoms with Gasteiger partial charge in [0.1, 0.15) is 0 Å². The van der Waals surface area contributed by atoms with E-state index >= 15 is 0 Å². The van der Waals surface area contributed by atoms with Crippen LogP contribution in [0, 0.1) is 0 Å². The minimum atomic E-state index is -3.79. The molecule has 6 nitrogen and oxygen atoms in total. The topological polar surface area (TPSA) is 101 Å². The number of nitrogens with two attached hydrogens (primary N) is 1. The Labute approximate surface area is 136 Å². The van der Waals surface area contributed by atoms with Crippen molar-refractivity contribution in [2.45, 2.75) is 23.8 Å². The van der Waals surface area contributed by atoms with E-state index in [1.54, 1.807) is 0 Å². The first-order valence-corrected chi connectivity index (χ1v) is 8.82. The number of halogens is 2. The van der Waals surface area contributed by atoms with Gasteiger partial charge in [0.05, 0.1) is 15.5 Å². The average molecular weight is 398 g/mol. The van der Waals surface area contributed by atoms with Crippen molar-refractivity contribution < 1.29 is 18.3 Å². The van der Waals surface area contributed by atoms with Crippen molar-refractivity contribution in [2.75, 3.05) is 13.1 Å². The smallest absolute Gasteiger partial charge is 0.337 e. The Bertz CT molecular complexity index is 680. The number of carboxylic acid groups (broad SMARTS) is 1. The number of carboxylic acids is 1. The number of benzene rings is 1. The van der Waals surface area contributed by atoms with E-state index in [4.69, 9.17) is 22.4 Å². The molecule has 1 aliphatic rings. The molecule has 0 spiro atoms. The number of carbonyl (C=O) groups is 1. The van der Waals surface area contributed by atoms with Gasteiger partial charge in [-0.1, -0.05) is 11.6 Å². The maximum Gasteiger partial charge on any atom is 0.337 e. The molecule has 1 fully saturated rings. The molecule has 0 saturated carbocycles. The SMILES string of the molecule is NC1CCCN(S(=O)(=O)c2cc(Br)c(Cl)c(C(=O)O)c2)C1. The van der Waals surface area contributed by atoms with Crippen molar-refractivity contribution in [3.05, 3.63) is 27.2 Å². The van der Waals surface area contributed by atoms with Crippen LogP contribution in [-0.2, 0) is 10.0 Å². The van der Waals surface area contributed by atoms with Gasteiger partial charge >= 0.3 is 5.97 Å². The number of hydrogen-bond donors (Lipinski definition) is 2. The number of sulfonamides is 1. The quantitative estimate of drug-likeness (QED) is 0.811. The van der Waals surface area contributed by atoms with Gasteiger partial charge in [0.15, 0.2) is 0 Å². The number of rotatable bonds is 3. The first-order valence-electron chi connectivity index (χ1n) is 6.21. The summed E-state index contributed by atoms with van der Waals surface area (Å²) in [6.45, 7) is 0.601. The number of hydrogen-bond acceptors (Lipinski definition) is 4. The molecule has 21 heavy (non-hydrogen) atoms. The van der Waals surface area contributed by atoms with Crippen molar-refractivity contribution in [2.24, 2.45) is 5.73 Å². The van der Waals surface area contributed by atoms with E-state index in [0.717, 1.165) is 12.5 Å². The van der Waals surface area contributed by atoms with Crippen LogP contribution in [0.5, 0.6) is 0 Å². The molecule has 3 N–H and O–H groups in total. The Morgan fingerprint density at radius 2 is 2.14 bits per heavy atom. The summed E-state index contributed by atoms with van der Waals surface area (Å²) in [5.74, 6) is -1.28. The van der Waals surface area contributed by atoms with Crippen LogP contribution in [0.15, 0.2) is 21.5 Å². The second-order valence-corrected chi connectivity index (χ2v) is 8.01. The van der Waals surface area contributed by atoms with Crippen LogP contribution in [0.25, 0.3) is 0 Å². The fourth-order valence-corrected chi connectivity index (χ4v) is 4.60. The normalized spacial score (nSPS) is 20.4. The third-order valence-corrected chi connectivity index (χ3v) is 6.39. The highest BCUT2D eigenvalue weighted by molar-refractivity contribution is 9.10. The van der Waals surface area contributed by atoms with Crippen LogP contribution < -0.4 is 5.73 Å². The Morgan fingerprint density at radius 1 is 1.48 bits per heavy atom. The van der Waals surface area contributed by atoms with E-state index in [1.165, 1.54) is 10.4 Å². The van der Waals surface area contributed by atoms with Crippen molar-refractivity contribution in [3.8, 4) is 0 Å². The summed E-state index contributed by atoms with van der Waals surface area (Å²) in [5.41, 5.74) is 5.54. The summed E-state index contributed by atoms with van der Waals surface area (Å²) in [7, 11) is -3.79. The van der Waals surface area contributed by atoms with Gasteiger partial charge in [-0.3, -0.25) is 0 Å². The molecule has 1 unspecified atom stereocenters. The van der Waals surface area contributed by atoms with E-state index in [0.29, 0.717) is 13.0 Å². The van der Waals surface area contributed by atoms with Gasteiger partial charge in [-0.05, 0) is 40.9 Å². The van der Waals surface area contributed by atoms with Crippen molar-refractivity contribution in [3.63, 3.8) is 0 Å². The Balaban J connectivity index is 2.47. The van der Waals surface area contributed by atoms with Crippen LogP contribution in [0.1, 0.15) is 23.2 Å². The fraction of sp³-hybridized carbons (Fsp3) is 0.417. The van der Waals surface area contributed by atoms with Crippen LogP contribution >= 0.6 is 27.5 Å². The fourth-order valence-electron chi connectivity index (χ4n) is 2.21. The molecule has 0 aromatic heterocycles. The zero-order chi connectivity index (χ0) is 15.8. The summed E-state index contributed by atoms with van der Waals surface area (Å²) in [6, 6.07) is 2.18. The molecule has 0 bridgehead atoms. The molecule has 1 heterocycles. The molecule has 1 atom stereocenters. The van der Waals surface area contributed by atoms with Crippen molar-refractivity contribution >= 4 is 43.5 Å². The second kappa shape index (κ2) is 6.21. The van der Waals surface area contributed by atoms with Gasteiger partial charge in [-0.2, -0.15) is 4.31 Å². The summed E-state index contributed by atoms with van der Waals surface area (Å²) in [5, 5.41) is 9.07. The van der Waals surface area contributed by atoms with Crippen LogP contribution in [-0.4, -0.2) is 42.9 Å². The van der Waals surface area contributed by atoms with Gasteiger partial charge in [0.2, 0.25) is 10.0 Å². The van der Waals surface area contributed by atoms with Gasteiger partial charge in [-0.25, -0.2) is 13.2 Å². The molecular formula is C12H14BrClN2O4S. The van der Waals surface area contributed by atoms with Crippen molar-refractivity contribution in [1.82, 2.24) is 4.31 Å². The molecule has 0 aliphatic carbocycles. The highest BCUT2D eigenvalue weighted by atomic mass is 79.9. The minimum Gasteiger partial charge on any atom is -0.478 e. The summed E-state index contributed by atoms with van der Waals surface area (Å²) < 4.78 is 26.7. The molecule has 1 aromatic carbocycles. The van der Waals surface area contributed by atoms with Crippen molar-refractivity contribution in [1.29, 1.82) is 0 Å². The molecule has 0 amide bonds. The Hall–Kier alpha value is -0.670. The first-order chi connectivity index (χ1) is 9.73. The molecular weight excluding hydrogens is 384 g/mol. The Morgan fingerprint density at radius 3 is 2.71 bits per heavy atom. The molecule has 1 aliphatic heterocycles. The monoisotopic (exact) mass is 396 g/mol. The van der Waals surface area contributed by atoms with E-state index in [1.807, 2.05) is 0 Å². The lowest BCUT2D eigenvalue weighted by molar-refractivity contribution is 0.0696. The number of aromatic carboxylic acids is 1. The van der Waals surface area contributed by atoms with Gasteiger partial charge < -0.3 is 10.8 Å². The molecule has 2 rings (SSSR count). The van der Waals surface area contributed by atoms with Crippen LogP contribution in [0.4, 0.5) is 0 Å². The average Bonchev–Trinajstić information content (AvgIpc) is 2.41. The summed E-state index contributed by atoms with van der Waals surface area (Å²) >= 11 is 8.95. The zero-order valence-electron chi connectivity index (χ0n) is 10.9. The lowest BCUT2D eigenvalue weighted by atomic mass is 10.1. The molecule has 1 aromatic rings. The molecule has 116 valence electrons. The summed E-state index contributed by atoms with van der Waals surface area (Å²) in [6.07, 6.45) is 1.46. The molecule has 9 heteroatoms. The highest BCUT2D eigenvalue weighted by Gasteiger charge is 2.30. The zero-order valence-corrected chi connectivity index (χ0v) is 14.1. The van der Waals surface area contributed by atoms with E-state index < -0.39 is 16.0 Å².